The number of ether oxygens (including phenoxy) is 2. The highest BCUT2D eigenvalue weighted by Crippen LogP contribution is 2.50. The second-order valence-corrected chi connectivity index (χ2v) is 11.7. The molecule has 0 saturated carbocycles. The predicted molar refractivity (Wildman–Crippen MR) is 145 cm³/mol. The minimum atomic E-state index is -4.82. The molecule has 2 heterocycles. The Morgan fingerprint density at radius 1 is 1.23 bits per heavy atom. The van der Waals surface area contributed by atoms with Gasteiger partial charge in [0.05, 0.1) is 18.9 Å². The van der Waals surface area contributed by atoms with Crippen LogP contribution in [0.3, 0.4) is 0 Å². The van der Waals surface area contributed by atoms with E-state index in [9.17, 15) is 32.4 Å². The highest BCUT2D eigenvalue weighted by molar-refractivity contribution is 7.52. The van der Waals surface area contributed by atoms with Crippen LogP contribution in [-0.2, 0) is 23.4 Å². The van der Waals surface area contributed by atoms with Gasteiger partial charge in [-0.05, 0) is 43.7 Å². The first-order valence-corrected chi connectivity index (χ1v) is 14.4. The van der Waals surface area contributed by atoms with E-state index in [1.807, 2.05) is 0 Å². The Morgan fingerprint density at radius 3 is 2.56 bits per heavy atom. The van der Waals surface area contributed by atoms with E-state index in [2.05, 4.69) is 10.1 Å². The molecule has 0 spiro atoms. The van der Waals surface area contributed by atoms with Gasteiger partial charge >= 0.3 is 19.4 Å². The normalized spacial score (nSPS) is 24.3. The Balaban J connectivity index is 1.66. The Morgan fingerprint density at radius 2 is 1.91 bits per heavy atom. The average Bonchev–Trinajstić information content (AvgIpc) is 3.19. The van der Waals surface area contributed by atoms with Crippen molar-refractivity contribution in [3.05, 3.63) is 65.0 Å². The van der Waals surface area contributed by atoms with Crippen molar-refractivity contribution >= 4 is 30.3 Å². The Bertz CT molecular complexity index is 1590. The topological polar surface area (TPSA) is 164 Å². The van der Waals surface area contributed by atoms with Gasteiger partial charge in [-0.25, -0.2) is 26.9 Å². The number of carbonyl (C=O) groups excluding carboxylic acids is 1. The molecule has 2 aromatic carbocycles. The van der Waals surface area contributed by atoms with E-state index < -0.39 is 80.3 Å². The number of nitrogens with two attached hydrogens (primary N) is 1. The molecule has 0 bridgehead atoms. The number of rotatable bonds is 11. The van der Waals surface area contributed by atoms with Crippen molar-refractivity contribution < 1.29 is 50.5 Å². The molecule has 1 fully saturated rings. The monoisotopic (exact) mass is 632 g/mol. The quantitative estimate of drug-likeness (QED) is 0.161. The Kier molecular flexibility index (Phi) is 9.47. The number of nitrogen functional groups attached to an aromatic ring is 1. The van der Waals surface area contributed by atoms with E-state index in [1.165, 1.54) is 19.1 Å². The van der Waals surface area contributed by atoms with Gasteiger partial charge in [-0.1, -0.05) is 30.3 Å². The van der Waals surface area contributed by atoms with Crippen LogP contribution in [0.1, 0.15) is 27.0 Å². The minimum Gasteiger partial charge on any atom is -0.462 e. The first kappa shape index (κ1) is 32.4. The fourth-order valence-electron chi connectivity index (χ4n) is 4.26. The summed E-state index contributed by atoms with van der Waals surface area (Å²) >= 11 is 0. The maximum absolute atomic E-state index is 15.2. The number of aromatic nitrogens is 2. The lowest BCUT2D eigenvalue weighted by Gasteiger charge is -2.32. The summed E-state index contributed by atoms with van der Waals surface area (Å²) in [6, 6.07) is 10.1. The highest BCUT2D eigenvalue weighted by atomic mass is 31.2. The fourth-order valence-corrected chi connectivity index (χ4v) is 5.78. The summed E-state index contributed by atoms with van der Waals surface area (Å²) in [5.41, 5.74) is 0.625. The molecule has 0 amide bonds. The molecule has 3 aromatic rings. The molecule has 0 aliphatic carbocycles. The number of halogens is 4. The van der Waals surface area contributed by atoms with E-state index in [1.54, 1.807) is 44.2 Å². The number of benzene rings is 2. The van der Waals surface area contributed by atoms with Crippen LogP contribution in [0.5, 0.6) is 5.75 Å². The second kappa shape index (κ2) is 12.6. The van der Waals surface area contributed by atoms with Crippen LogP contribution in [0.2, 0.25) is 0 Å². The number of nitrogens with zero attached hydrogens (tertiary/aromatic N) is 2. The lowest BCUT2D eigenvalue weighted by Crippen LogP contribution is -2.52. The third-order valence-corrected chi connectivity index (χ3v) is 8.08. The van der Waals surface area contributed by atoms with Gasteiger partial charge in [0.15, 0.2) is 29.6 Å². The molecule has 1 aromatic heterocycles. The standard InChI is InChI=1S/C26H29F4N4O8P/c1-13(2)40-23(36)14(3)33-43(38,42-17-9-8-15-6-4-5-7-16(15)10-17)39-12-26(24(29)30)20(35)19(28)22(41-26)34-11-18(27)21(31)32-25(34)37/h4-11,13-14,19-20,22,24,35H,12H2,1-3H3,(H,33,38)(H2,31,32,37). The maximum Gasteiger partial charge on any atom is 0.459 e. The number of aliphatic hydroxyl groups is 1. The van der Waals surface area contributed by atoms with Gasteiger partial charge in [0.25, 0.3) is 6.43 Å². The largest absolute Gasteiger partial charge is 0.462 e. The van der Waals surface area contributed by atoms with Crippen molar-refractivity contribution in [1.82, 2.24) is 14.6 Å². The smallest absolute Gasteiger partial charge is 0.459 e. The SMILES string of the molecule is CC(C)OC(=O)C(C)NP(=O)(OCC1(C(F)F)OC(n2cc(F)c(N)nc2=O)C(F)C1O)Oc1ccc2ccccc2c1. The molecule has 6 atom stereocenters. The molecular formula is C26H29F4N4O8P. The third-order valence-electron chi connectivity index (χ3n) is 6.46. The zero-order chi connectivity index (χ0) is 31.7. The summed E-state index contributed by atoms with van der Waals surface area (Å²) in [5.74, 6) is -3.06. The van der Waals surface area contributed by atoms with Crippen molar-refractivity contribution in [1.29, 1.82) is 0 Å². The van der Waals surface area contributed by atoms with Crippen molar-refractivity contribution in [2.24, 2.45) is 0 Å². The Labute approximate surface area is 242 Å². The molecule has 6 unspecified atom stereocenters. The van der Waals surface area contributed by atoms with E-state index in [-0.39, 0.29) is 10.3 Å². The molecule has 43 heavy (non-hydrogen) atoms. The van der Waals surface area contributed by atoms with Gasteiger partial charge in [-0.15, -0.1) is 0 Å². The first-order valence-electron chi connectivity index (χ1n) is 12.9. The van der Waals surface area contributed by atoms with Gasteiger partial charge in [0, 0.05) is 0 Å². The number of nitrogens with one attached hydrogen (secondary N) is 1. The number of fused-ring (bicyclic) bond motifs is 1. The number of anilines is 1. The number of hydrogen-bond acceptors (Lipinski definition) is 10. The van der Waals surface area contributed by atoms with Crippen LogP contribution in [0.25, 0.3) is 10.8 Å². The average molecular weight is 633 g/mol. The molecule has 1 aliphatic rings. The summed E-state index contributed by atoms with van der Waals surface area (Å²) in [7, 11) is -4.82. The van der Waals surface area contributed by atoms with E-state index in [4.69, 9.17) is 24.3 Å². The Hall–Kier alpha value is -3.56. The summed E-state index contributed by atoms with van der Waals surface area (Å²) in [4.78, 5) is 27.8. The summed E-state index contributed by atoms with van der Waals surface area (Å²) in [5, 5.41) is 14.3. The zero-order valence-corrected chi connectivity index (χ0v) is 23.9. The maximum atomic E-state index is 15.2. The van der Waals surface area contributed by atoms with Crippen molar-refractivity contribution in [3.8, 4) is 5.75 Å². The molecule has 234 valence electrons. The molecule has 4 rings (SSSR count). The number of alkyl halides is 3. The molecular weight excluding hydrogens is 603 g/mol. The summed E-state index contributed by atoms with van der Waals surface area (Å²) in [6.07, 6.45) is -11.6. The molecule has 12 nitrogen and oxygen atoms in total. The third kappa shape index (κ3) is 6.83. The molecule has 4 N–H and O–H groups in total. The van der Waals surface area contributed by atoms with Crippen molar-refractivity contribution in [2.75, 3.05) is 12.3 Å². The van der Waals surface area contributed by atoms with E-state index in [0.29, 0.717) is 11.6 Å². The second-order valence-electron chi connectivity index (χ2n) is 10.0. The van der Waals surface area contributed by atoms with Gasteiger partial charge < -0.3 is 24.8 Å². The van der Waals surface area contributed by atoms with Crippen LogP contribution >= 0.6 is 7.75 Å². The number of aliphatic hydroxyl groups excluding tert-OH is 1. The predicted octanol–water partition coefficient (Wildman–Crippen LogP) is 3.48. The first-order chi connectivity index (χ1) is 20.2. The number of esters is 1. The van der Waals surface area contributed by atoms with E-state index >= 15 is 4.39 Å². The summed E-state index contributed by atoms with van der Waals surface area (Å²) < 4.78 is 93.4. The van der Waals surface area contributed by atoms with Crippen LogP contribution < -0.4 is 21.0 Å². The molecule has 1 saturated heterocycles. The summed E-state index contributed by atoms with van der Waals surface area (Å²) in [6.45, 7) is 2.90. The van der Waals surface area contributed by atoms with Crippen molar-refractivity contribution in [2.45, 2.75) is 63.4 Å². The molecule has 17 heteroatoms. The zero-order valence-electron chi connectivity index (χ0n) is 23.0. The van der Waals surface area contributed by atoms with Gasteiger partial charge in [-0.2, -0.15) is 10.1 Å². The van der Waals surface area contributed by atoms with Gasteiger partial charge in [0.2, 0.25) is 0 Å². The van der Waals surface area contributed by atoms with Gasteiger partial charge in [-0.3, -0.25) is 13.9 Å². The molecule has 0 radical (unpaired) electrons. The van der Waals surface area contributed by atoms with E-state index in [0.717, 1.165) is 5.39 Å². The van der Waals surface area contributed by atoms with Crippen molar-refractivity contribution in [3.63, 3.8) is 0 Å². The van der Waals surface area contributed by atoms with Crippen LogP contribution in [0.15, 0.2) is 53.5 Å². The minimum absolute atomic E-state index is 0.0610. The van der Waals surface area contributed by atoms with Crippen LogP contribution in [-0.4, -0.2) is 63.7 Å². The molecule has 1 aliphatic heterocycles. The highest BCUT2D eigenvalue weighted by Gasteiger charge is 2.62. The number of hydrogen-bond donors (Lipinski definition) is 3. The van der Waals surface area contributed by atoms with Crippen LogP contribution in [0, 0.1) is 5.82 Å². The van der Waals surface area contributed by atoms with Gasteiger partial charge in [0.1, 0.15) is 17.9 Å². The lowest BCUT2D eigenvalue weighted by atomic mass is 9.97. The number of carbonyl (C=O) groups is 1. The van der Waals surface area contributed by atoms with Crippen LogP contribution in [0.4, 0.5) is 23.4 Å². The fraction of sp³-hybridized carbons (Fsp3) is 0.423. The lowest BCUT2D eigenvalue weighted by molar-refractivity contribution is -0.193.